The maximum absolute atomic E-state index is 6.80. The summed E-state index contributed by atoms with van der Waals surface area (Å²) in [6.07, 6.45) is 3.01. The molecule has 11 rings (SSSR count). The third-order valence-corrected chi connectivity index (χ3v) is 19.1. The summed E-state index contributed by atoms with van der Waals surface area (Å²) in [7, 11) is 0. The number of fused-ring (bicyclic) bond motifs is 5. The summed E-state index contributed by atoms with van der Waals surface area (Å²) in [6.45, 7) is 9.29. The zero-order chi connectivity index (χ0) is 44.0. The topological polar surface area (TPSA) is 43.9 Å². The Kier molecular flexibility index (Phi) is 12.7. The van der Waals surface area contributed by atoms with Gasteiger partial charge in [-0.2, -0.15) is 0 Å². The van der Waals surface area contributed by atoms with Crippen molar-refractivity contribution in [1.82, 2.24) is 14.5 Å². The molecule has 0 fully saturated rings. The van der Waals surface area contributed by atoms with Crippen LogP contribution in [0.4, 0.5) is 0 Å². The van der Waals surface area contributed by atoms with Gasteiger partial charge in [0.2, 0.25) is 0 Å². The van der Waals surface area contributed by atoms with Gasteiger partial charge in [0.05, 0.1) is 5.58 Å². The SMILES string of the molecule is CC(C)c1cc(-c2ccc3c(c2)C[CH2][Ge]([CH3])([CH3])[CH2]3)cc(C(C)C)c1-n1c(-c2[c-]ccc3c2oc2cc(-c4ccccc4)ccc23)nc2ccccc21.[Ir].[c-]1ccccc1-c1ccccn1. The predicted molar refractivity (Wildman–Crippen MR) is 270 cm³/mol. The van der Waals surface area contributed by atoms with Crippen LogP contribution in [-0.4, -0.2) is 27.8 Å². The van der Waals surface area contributed by atoms with Gasteiger partial charge in [-0.25, -0.2) is 0 Å². The number of imidazole rings is 1. The van der Waals surface area contributed by atoms with Gasteiger partial charge in [-0.3, -0.25) is 0 Å². The van der Waals surface area contributed by atoms with Crippen LogP contribution < -0.4 is 0 Å². The zero-order valence-electron chi connectivity index (χ0n) is 37.9. The number of nitrogens with zero attached hydrogens (tertiary/aromatic N) is 3. The van der Waals surface area contributed by atoms with E-state index in [2.05, 4.69) is 170 Å². The summed E-state index contributed by atoms with van der Waals surface area (Å²) in [5.41, 5.74) is 18.6. The number of pyridine rings is 1. The van der Waals surface area contributed by atoms with Gasteiger partial charge in [0.25, 0.3) is 0 Å². The molecule has 0 unspecified atom stereocenters. The van der Waals surface area contributed by atoms with E-state index >= 15 is 0 Å². The molecule has 4 heterocycles. The molecule has 0 saturated carbocycles. The minimum Gasteiger partial charge on any atom is -0.305 e. The largest absolute Gasteiger partial charge is 0.305 e. The molecular formula is C59H53GeIrN3O-2. The molecule has 0 amide bonds. The summed E-state index contributed by atoms with van der Waals surface area (Å²) >= 11 is -1.67. The molecule has 1 aliphatic heterocycles. The van der Waals surface area contributed by atoms with Crippen molar-refractivity contribution in [2.24, 2.45) is 0 Å². The minimum atomic E-state index is -1.67. The quantitative estimate of drug-likeness (QED) is 0.118. The maximum Gasteiger partial charge on any atom is 0.0160 e. The summed E-state index contributed by atoms with van der Waals surface area (Å²) in [6, 6.07) is 62.3. The van der Waals surface area contributed by atoms with Crippen molar-refractivity contribution in [3.8, 4) is 50.6 Å². The second-order valence-electron chi connectivity index (χ2n) is 18.7. The van der Waals surface area contributed by atoms with E-state index < -0.39 is 13.3 Å². The van der Waals surface area contributed by atoms with Crippen molar-refractivity contribution in [2.45, 2.75) is 68.0 Å². The van der Waals surface area contributed by atoms with Crippen molar-refractivity contribution in [2.75, 3.05) is 0 Å². The summed E-state index contributed by atoms with van der Waals surface area (Å²) in [5.74, 6) is 6.60. The Labute approximate surface area is 399 Å². The van der Waals surface area contributed by atoms with Crippen LogP contribution in [0.5, 0.6) is 0 Å². The molecule has 0 spiro atoms. The predicted octanol–water partition coefficient (Wildman–Crippen LogP) is 15.9. The smallest absolute Gasteiger partial charge is 0.0160 e. The average molecular weight is 1080 g/mol. The second-order valence-corrected chi connectivity index (χ2v) is 29.5. The number of rotatable bonds is 7. The number of benzene rings is 7. The van der Waals surface area contributed by atoms with E-state index in [1.165, 1.54) is 50.4 Å². The number of furan rings is 1. The van der Waals surface area contributed by atoms with Crippen molar-refractivity contribution >= 4 is 46.2 Å². The maximum atomic E-state index is 6.80. The standard InChI is InChI=1S/C48H45GeN2O.C11H8N.Ir/c1-30(2)41-26-37(33-19-20-36-29-49(5,6)24-23-35(36)25-33)27-42(31(3)4)46(41)51-44-18-11-10-17-43(44)50-48(51)40-16-12-15-39-38-22-21-34(28-45(38)52-47(39)40)32-13-8-7-9-14-32;1-2-6-10(7-3-1)11-8-4-5-9-12-11;/h7-15,17-22,25-28,30-31H,23-24,29H2,1-6H3;1-6,8-9H;/q2*-1;. The second kappa shape index (κ2) is 18.6. The van der Waals surface area contributed by atoms with Crippen LogP contribution in [-0.2, 0) is 31.8 Å². The Balaban J connectivity index is 0.000000355. The normalized spacial score (nSPS) is 13.2. The Hall–Kier alpha value is -5.85. The summed E-state index contributed by atoms with van der Waals surface area (Å²) < 4.78 is 9.20. The van der Waals surface area contributed by atoms with Crippen LogP contribution in [0.2, 0.25) is 16.8 Å². The van der Waals surface area contributed by atoms with E-state index in [0.717, 1.165) is 61.2 Å². The molecule has 0 bridgehead atoms. The van der Waals surface area contributed by atoms with Crippen LogP contribution in [0.3, 0.4) is 0 Å². The Bertz CT molecular complexity index is 3210. The fourth-order valence-corrected chi connectivity index (χ4v) is 14.7. The molecule has 1 aliphatic rings. The van der Waals surface area contributed by atoms with Gasteiger partial charge < -0.3 is 9.40 Å². The van der Waals surface area contributed by atoms with Crippen LogP contribution >= 0.6 is 0 Å². The molecule has 0 atom stereocenters. The van der Waals surface area contributed by atoms with Gasteiger partial charge in [-0.05, 0) is 35.0 Å². The average Bonchev–Trinajstić information content (AvgIpc) is 3.90. The van der Waals surface area contributed by atoms with Crippen molar-refractivity contribution in [3.05, 3.63) is 198 Å². The van der Waals surface area contributed by atoms with Gasteiger partial charge in [-0.15, -0.1) is 54.1 Å². The molecule has 0 aliphatic carbocycles. The molecule has 325 valence electrons. The Morgan fingerprint density at radius 3 is 2.09 bits per heavy atom. The first kappa shape index (κ1) is 44.4. The van der Waals surface area contributed by atoms with Crippen LogP contribution in [0.25, 0.3) is 83.6 Å². The van der Waals surface area contributed by atoms with Crippen LogP contribution in [0, 0.1) is 12.1 Å². The minimum absolute atomic E-state index is 0. The van der Waals surface area contributed by atoms with Crippen LogP contribution in [0.1, 0.15) is 61.8 Å². The van der Waals surface area contributed by atoms with Crippen molar-refractivity contribution in [3.63, 3.8) is 0 Å². The third kappa shape index (κ3) is 8.82. The number of para-hydroxylation sites is 2. The molecule has 0 saturated heterocycles. The van der Waals surface area contributed by atoms with E-state index in [9.17, 15) is 0 Å². The van der Waals surface area contributed by atoms with Gasteiger partial charge in [-0.1, -0.05) is 72.1 Å². The third-order valence-electron chi connectivity index (χ3n) is 12.9. The van der Waals surface area contributed by atoms with Gasteiger partial charge in [0.1, 0.15) is 5.58 Å². The van der Waals surface area contributed by atoms with E-state index in [0.29, 0.717) is 0 Å². The van der Waals surface area contributed by atoms with Crippen molar-refractivity contribution < 1.29 is 24.5 Å². The number of aryl methyl sites for hydroxylation is 1. The number of hydrogen-bond acceptors (Lipinski definition) is 3. The van der Waals surface area contributed by atoms with Crippen LogP contribution in [0.15, 0.2) is 168 Å². The fourth-order valence-electron chi connectivity index (χ4n) is 9.49. The molecule has 10 aromatic rings. The first-order valence-corrected chi connectivity index (χ1v) is 29.9. The zero-order valence-corrected chi connectivity index (χ0v) is 42.4. The first-order chi connectivity index (χ1) is 31.1. The monoisotopic (exact) mass is 1090 g/mol. The summed E-state index contributed by atoms with van der Waals surface area (Å²) in [5, 5.41) is 4.93. The van der Waals surface area contributed by atoms with E-state index in [1.54, 1.807) is 17.3 Å². The van der Waals surface area contributed by atoms with Gasteiger partial charge in [0, 0.05) is 31.7 Å². The van der Waals surface area contributed by atoms with Gasteiger partial charge >= 0.3 is 189 Å². The molecule has 3 aromatic heterocycles. The van der Waals surface area contributed by atoms with E-state index in [-0.39, 0.29) is 31.9 Å². The molecular weight excluding hydrogens is 1030 g/mol. The van der Waals surface area contributed by atoms with Gasteiger partial charge in [0.15, 0.2) is 0 Å². The van der Waals surface area contributed by atoms with E-state index in [4.69, 9.17) is 9.40 Å². The number of aromatic nitrogens is 3. The summed E-state index contributed by atoms with van der Waals surface area (Å²) in [4.78, 5) is 9.58. The molecule has 65 heavy (non-hydrogen) atoms. The molecule has 6 heteroatoms. The Morgan fingerprint density at radius 2 is 1.35 bits per heavy atom. The molecule has 4 nitrogen and oxygen atoms in total. The first-order valence-electron chi connectivity index (χ1n) is 22.7. The Morgan fingerprint density at radius 1 is 0.631 bits per heavy atom. The molecule has 1 radical (unpaired) electrons. The van der Waals surface area contributed by atoms with Crippen molar-refractivity contribution in [1.29, 1.82) is 0 Å². The number of hydrogen-bond donors (Lipinski definition) is 0. The molecule has 0 N–H and O–H groups in total. The fraction of sp³-hybridized carbons (Fsp3) is 0.186. The van der Waals surface area contributed by atoms with E-state index in [1.807, 2.05) is 48.5 Å². The molecule has 7 aromatic carbocycles.